The van der Waals surface area contributed by atoms with Crippen molar-refractivity contribution in [2.75, 3.05) is 6.54 Å². The largest absolute Gasteiger partial charge is 0.338 e. The average Bonchev–Trinajstić information content (AvgIpc) is 2.43. The maximum atomic E-state index is 11.7. The van der Waals surface area contributed by atoms with Crippen LogP contribution in [0.4, 0.5) is 0 Å². The first-order valence-corrected chi connectivity index (χ1v) is 6.54. The Morgan fingerprint density at radius 2 is 1.89 bits per heavy atom. The lowest BCUT2D eigenvalue weighted by molar-refractivity contribution is -0.133. The molecule has 5 nitrogen and oxygen atoms in total. The summed E-state index contributed by atoms with van der Waals surface area (Å²) in [5, 5.41) is 0. The smallest absolute Gasteiger partial charge is 0.238 e. The van der Waals surface area contributed by atoms with Crippen LogP contribution in [0, 0.1) is 0 Å². The summed E-state index contributed by atoms with van der Waals surface area (Å²) in [6, 6.07) is 7.72. The molecular weight excluding hydrogens is 242 g/mol. The Morgan fingerprint density at radius 1 is 1.21 bits per heavy atom. The van der Waals surface area contributed by atoms with Crippen molar-refractivity contribution >= 4 is 11.8 Å². The van der Waals surface area contributed by atoms with Crippen molar-refractivity contribution in [3.05, 3.63) is 35.4 Å². The number of likely N-dealkylation sites (tertiary alicyclic amines) is 1. The van der Waals surface area contributed by atoms with Gasteiger partial charge in [0, 0.05) is 19.5 Å². The van der Waals surface area contributed by atoms with Crippen LogP contribution >= 0.6 is 0 Å². The third-order valence-electron chi connectivity index (χ3n) is 3.34. The highest BCUT2D eigenvalue weighted by Gasteiger charge is 2.17. The Labute approximate surface area is 112 Å². The molecule has 0 aromatic heterocycles. The van der Waals surface area contributed by atoms with Gasteiger partial charge in [-0.3, -0.25) is 15.0 Å². The molecule has 1 aromatic rings. The zero-order valence-corrected chi connectivity index (χ0v) is 10.9. The molecular formula is C14H19N3O2. The van der Waals surface area contributed by atoms with E-state index < -0.39 is 0 Å². The summed E-state index contributed by atoms with van der Waals surface area (Å²) >= 11 is 0. The lowest BCUT2D eigenvalue weighted by Gasteiger charge is -2.26. The number of nitrogens with one attached hydrogen (secondary N) is 1. The van der Waals surface area contributed by atoms with Crippen molar-refractivity contribution in [2.24, 2.45) is 5.84 Å². The molecule has 19 heavy (non-hydrogen) atoms. The molecule has 0 aliphatic carbocycles. The van der Waals surface area contributed by atoms with Crippen LogP contribution in [0.25, 0.3) is 0 Å². The molecule has 2 amide bonds. The molecule has 0 bridgehead atoms. The Kier molecular flexibility index (Phi) is 4.52. The highest BCUT2D eigenvalue weighted by atomic mass is 16.2. The summed E-state index contributed by atoms with van der Waals surface area (Å²) in [4.78, 5) is 24.7. The lowest BCUT2D eigenvalue weighted by atomic mass is 10.1. The molecule has 5 heteroatoms. The Balaban J connectivity index is 1.94. The Morgan fingerprint density at radius 3 is 2.53 bits per heavy atom. The van der Waals surface area contributed by atoms with Crippen LogP contribution in [-0.2, 0) is 22.6 Å². The molecule has 1 aliphatic heterocycles. The van der Waals surface area contributed by atoms with E-state index in [1.165, 1.54) is 0 Å². The predicted molar refractivity (Wildman–Crippen MR) is 71.7 cm³/mol. The van der Waals surface area contributed by atoms with Gasteiger partial charge in [-0.25, -0.2) is 5.84 Å². The van der Waals surface area contributed by atoms with Crippen molar-refractivity contribution in [3.8, 4) is 0 Å². The van der Waals surface area contributed by atoms with Gasteiger partial charge in [0.25, 0.3) is 0 Å². The number of nitrogens with two attached hydrogens (primary N) is 1. The van der Waals surface area contributed by atoms with E-state index in [0.29, 0.717) is 13.0 Å². The van der Waals surface area contributed by atoms with Crippen molar-refractivity contribution in [2.45, 2.75) is 32.2 Å². The topological polar surface area (TPSA) is 75.4 Å². The Bertz CT molecular complexity index is 456. The van der Waals surface area contributed by atoms with Gasteiger partial charge in [0.1, 0.15) is 0 Å². The first kappa shape index (κ1) is 13.5. The summed E-state index contributed by atoms with van der Waals surface area (Å²) in [6.45, 7) is 1.50. The molecule has 1 aromatic carbocycles. The number of carbonyl (C=O) groups is 2. The molecule has 1 saturated heterocycles. The van der Waals surface area contributed by atoms with Crippen LogP contribution in [0.15, 0.2) is 24.3 Å². The standard InChI is InChI=1S/C14H19N3O2/c15-16-13(18)9-11-4-6-12(7-5-11)10-17-8-2-1-3-14(17)19/h4-7H,1-3,8-10,15H2,(H,16,18). The fourth-order valence-electron chi connectivity index (χ4n) is 2.25. The first-order valence-electron chi connectivity index (χ1n) is 6.54. The molecule has 1 heterocycles. The molecule has 1 fully saturated rings. The van der Waals surface area contributed by atoms with Crippen molar-refractivity contribution in [1.29, 1.82) is 0 Å². The normalized spacial score (nSPS) is 15.4. The molecule has 102 valence electrons. The van der Waals surface area contributed by atoms with Gasteiger partial charge >= 0.3 is 0 Å². The van der Waals surface area contributed by atoms with Gasteiger partial charge in [-0.05, 0) is 24.0 Å². The number of hydrogen-bond acceptors (Lipinski definition) is 3. The summed E-state index contributed by atoms with van der Waals surface area (Å²) in [5.74, 6) is 5.07. The van der Waals surface area contributed by atoms with Gasteiger partial charge in [0.15, 0.2) is 0 Å². The summed E-state index contributed by atoms with van der Waals surface area (Å²) < 4.78 is 0. The minimum Gasteiger partial charge on any atom is -0.338 e. The van der Waals surface area contributed by atoms with Gasteiger partial charge in [-0.1, -0.05) is 24.3 Å². The number of rotatable bonds is 4. The second-order valence-corrected chi connectivity index (χ2v) is 4.83. The lowest BCUT2D eigenvalue weighted by Crippen LogP contribution is -2.34. The van der Waals surface area contributed by atoms with Crippen LogP contribution in [0.3, 0.4) is 0 Å². The van der Waals surface area contributed by atoms with Gasteiger partial charge in [0.2, 0.25) is 11.8 Å². The molecule has 0 spiro atoms. The number of nitrogens with zero attached hydrogens (tertiary/aromatic N) is 1. The number of piperidine rings is 1. The molecule has 0 unspecified atom stereocenters. The molecule has 3 N–H and O–H groups in total. The maximum Gasteiger partial charge on any atom is 0.238 e. The zero-order chi connectivity index (χ0) is 13.7. The fourth-order valence-corrected chi connectivity index (χ4v) is 2.25. The molecule has 0 saturated carbocycles. The molecule has 2 rings (SSSR count). The van der Waals surface area contributed by atoms with E-state index in [0.717, 1.165) is 30.5 Å². The number of hydrogen-bond donors (Lipinski definition) is 2. The van der Waals surface area contributed by atoms with Gasteiger partial charge in [0.05, 0.1) is 6.42 Å². The van der Waals surface area contributed by atoms with Gasteiger partial charge in [-0.15, -0.1) is 0 Å². The van der Waals surface area contributed by atoms with Crippen molar-refractivity contribution in [1.82, 2.24) is 10.3 Å². The van der Waals surface area contributed by atoms with E-state index in [2.05, 4.69) is 5.43 Å². The van der Waals surface area contributed by atoms with Crippen molar-refractivity contribution < 1.29 is 9.59 Å². The van der Waals surface area contributed by atoms with Crippen LogP contribution in [0.2, 0.25) is 0 Å². The first-order chi connectivity index (χ1) is 9.19. The summed E-state index contributed by atoms with van der Waals surface area (Å²) in [5.41, 5.74) is 4.11. The molecule has 1 aliphatic rings. The van der Waals surface area contributed by atoms with Crippen LogP contribution < -0.4 is 11.3 Å². The zero-order valence-electron chi connectivity index (χ0n) is 10.9. The number of hydrazine groups is 1. The predicted octanol–water partition coefficient (Wildman–Crippen LogP) is 0.731. The highest BCUT2D eigenvalue weighted by molar-refractivity contribution is 5.78. The second kappa shape index (κ2) is 6.33. The van der Waals surface area contributed by atoms with Gasteiger partial charge < -0.3 is 4.90 Å². The number of carbonyl (C=O) groups excluding carboxylic acids is 2. The van der Waals surface area contributed by atoms with Crippen molar-refractivity contribution in [3.63, 3.8) is 0 Å². The van der Waals surface area contributed by atoms with E-state index in [1.807, 2.05) is 29.2 Å². The minimum atomic E-state index is -0.209. The average molecular weight is 261 g/mol. The van der Waals surface area contributed by atoms with E-state index in [9.17, 15) is 9.59 Å². The summed E-state index contributed by atoms with van der Waals surface area (Å²) in [7, 11) is 0. The third kappa shape index (κ3) is 3.79. The molecule has 0 radical (unpaired) electrons. The molecule has 0 atom stereocenters. The number of amides is 2. The fraction of sp³-hybridized carbons (Fsp3) is 0.429. The van der Waals surface area contributed by atoms with Gasteiger partial charge in [-0.2, -0.15) is 0 Å². The third-order valence-corrected chi connectivity index (χ3v) is 3.34. The SMILES string of the molecule is NNC(=O)Cc1ccc(CN2CCCCC2=O)cc1. The highest BCUT2D eigenvalue weighted by Crippen LogP contribution is 2.15. The van der Waals surface area contributed by atoms with E-state index in [1.54, 1.807) is 0 Å². The van der Waals surface area contributed by atoms with Crippen LogP contribution in [0.5, 0.6) is 0 Å². The van der Waals surface area contributed by atoms with Crippen LogP contribution in [0.1, 0.15) is 30.4 Å². The minimum absolute atomic E-state index is 0.209. The Hall–Kier alpha value is -1.88. The monoisotopic (exact) mass is 261 g/mol. The van der Waals surface area contributed by atoms with E-state index in [4.69, 9.17) is 5.84 Å². The summed E-state index contributed by atoms with van der Waals surface area (Å²) in [6.07, 6.45) is 3.02. The van der Waals surface area contributed by atoms with E-state index in [-0.39, 0.29) is 18.2 Å². The quantitative estimate of drug-likeness (QED) is 0.476. The maximum absolute atomic E-state index is 11.7. The van der Waals surface area contributed by atoms with Crippen LogP contribution in [-0.4, -0.2) is 23.3 Å². The number of benzene rings is 1. The van der Waals surface area contributed by atoms with E-state index >= 15 is 0 Å². The second-order valence-electron chi connectivity index (χ2n) is 4.83.